The van der Waals surface area contributed by atoms with Crippen molar-refractivity contribution in [2.45, 2.75) is 24.3 Å². The van der Waals surface area contributed by atoms with Gasteiger partial charge < -0.3 is 23.6 Å². The lowest BCUT2D eigenvalue weighted by molar-refractivity contribution is -0.119. The van der Waals surface area contributed by atoms with E-state index in [-0.39, 0.29) is 24.3 Å². The number of carbonyl (C=O) groups excluding carboxylic acids is 1. The average molecular weight is 437 g/mol. The van der Waals surface area contributed by atoms with E-state index in [1.54, 1.807) is 0 Å². The summed E-state index contributed by atoms with van der Waals surface area (Å²) in [5.74, 6) is 2.30. The van der Waals surface area contributed by atoms with Gasteiger partial charge in [0.25, 0.3) is 11.1 Å². The Bertz CT molecular complexity index is 1190. The van der Waals surface area contributed by atoms with E-state index < -0.39 is 6.10 Å². The number of amides is 1. The molecule has 2 aromatic carbocycles. The number of rotatable bonds is 6. The number of ether oxygens (including phenoxy) is 2. The number of hydrogen-bond acceptors (Lipinski definition) is 8. The number of para-hydroxylation sites is 3. The van der Waals surface area contributed by atoms with Gasteiger partial charge in [0.15, 0.2) is 11.5 Å². The summed E-state index contributed by atoms with van der Waals surface area (Å²) in [6, 6.07) is 16.8. The number of hydrogen-bond donors (Lipinski definition) is 1. The molecule has 2 atom stereocenters. The maximum absolute atomic E-state index is 12.4. The molecule has 2 unspecified atom stereocenters. The Balaban J connectivity index is 1.15. The summed E-state index contributed by atoms with van der Waals surface area (Å²) in [6.07, 6.45) is -0.487. The molecule has 0 saturated heterocycles. The first-order valence-corrected chi connectivity index (χ1v) is 10.8. The molecule has 1 aliphatic rings. The molecular formula is C22H19N3O5S. The van der Waals surface area contributed by atoms with E-state index in [9.17, 15) is 4.79 Å². The van der Waals surface area contributed by atoms with E-state index >= 15 is 0 Å². The molecule has 3 heterocycles. The molecular weight excluding hydrogens is 418 g/mol. The number of aromatic nitrogens is 2. The van der Waals surface area contributed by atoms with Gasteiger partial charge in [-0.1, -0.05) is 42.1 Å². The number of nitrogens with zero attached hydrogens (tertiary/aromatic N) is 2. The van der Waals surface area contributed by atoms with Crippen LogP contribution in [0.1, 0.15) is 30.7 Å². The van der Waals surface area contributed by atoms with E-state index in [1.807, 2.05) is 61.5 Å². The lowest BCUT2D eigenvalue weighted by Gasteiger charge is -2.23. The minimum absolute atomic E-state index is 0.136. The van der Waals surface area contributed by atoms with Gasteiger partial charge in [0, 0.05) is 5.39 Å². The highest BCUT2D eigenvalue weighted by Gasteiger charge is 2.27. The van der Waals surface area contributed by atoms with E-state index in [0.717, 1.165) is 22.7 Å². The van der Waals surface area contributed by atoms with Crippen LogP contribution in [0.2, 0.25) is 0 Å². The van der Waals surface area contributed by atoms with Crippen molar-refractivity contribution < 1.29 is 23.1 Å². The van der Waals surface area contributed by atoms with Crippen LogP contribution in [0.25, 0.3) is 11.0 Å². The fourth-order valence-electron chi connectivity index (χ4n) is 3.25. The normalized spacial score (nSPS) is 16.2. The number of thioether (sulfide) groups is 1. The summed E-state index contributed by atoms with van der Waals surface area (Å²) >= 11 is 1.16. The monoisotopic (exact) mass is 437 g/mol. The van der Waals surface area contributed by atoms with E-state index in [4.69, 9.17) is 18.3 Å². The highest BCUT2D eigenvalue weighted by molar-refractivity contribution is 7.99. The Morgan fingerprint density at radius 1 is 1.13 bits per heavy atom. The summed E-state index contributed by atoms with van der Waals surface area (Å²) < 4.78 is 23.0. The minimum atomic E-state index is -0.487. The van der Waals surface area contributed by atoms with Crippen molar-refractivity contribution in [2.24, 2.45) is 0 Å². The van der Waals surface area contributed by atoms with Crippen LogP contribution in [0.5, 0.6) is 11.5 Å². The molecule has 0 radical (unpaired) electrons. The van der Waals surface area contributed by atoms with Crippen molar-refractivity contribution in [3.8, 4) is 11.5 Å². The zero-order valence-electron chi connectivity index (χ0n) is 16.6. The Labute approximate surface area is 181 Å². The molecule has 4 aromatic rings. The number of furan rings is 1. The maximum Gasteiger partial charge on any atom is 0.277 e. The minimum Gasteiger partial charge on any atom is -0.485 e. The second-order valence-corrected chi connectivity index (χ2v) is 7.96. The molecule has 9 heteroatoms. The van der Waals surface area contributed by atoms with Crippen molar-refractivity contribution in [3.63, 3.8) is 0 Å². The fraction of sp³-hybridized carbons (Fsp3) is 0.227. The van der Waals surface area contributed by atoms with Crippen LogP contribution in [0.3, 0.4) is 0 Å². The molecule has 0 aliphatic carbocycles. The van der Waals surface area contributed by atoms with Crippen LogP contribution >= 0.6 is 11.8 Å². The van der Waals surface area contributed by atoms with Gasteiger partial charge in [-0.25, -0.2) is 0 Å². The second kappa shape index (κ2) is 8.35. The van der Waals surface area contributed by atoms with Gasteiger partial charge in [-0.05, 0) is 31.2 Å². The first-order chi connectivity index (χ1) is 15.2. The first kappa shape index (κ1) is 19.5. The molecule has 2 aromatic heterocycles. The summed E-state index contributed by atoms with van der Waals surface area (Å²) in [7, 11) is 0. The van der Waals surface area contributed by atoms with E-state index in [0.29, 0.717) is 28.4 Å². The number of carbonyl (C=O) groups is 1. The van der Waals surface area contributed by atoms with Crippen molar-refractivity contribution in [1.29, 1.82) is 0 Å². The predicted octanol–water partition coefficient (Wildman–Crippen LogP) is 4.30. The number of fused-ring (bicyclic) bond motifs is 2. The fourth-order valence-corrected chi connectivity index (χ4v) is 3.83. The van der Waals surface area contributed by atoms with Crippen LogP contribution in [0, 0.1) is 0 Å². The smallest absolute Gasteiger partial charge is 0.277 e. The van der Waals surface area contributed by atoms with Crippen LogP contribution in [-0.2, 0) is 4.79 Å². The third-order valence-corrected chi connectivity index (χ3v) is 5.60. The molecule has 5 rings (SSSR count). The molecule has 31 heavy (non-hydrogen) atoms. The van der Waals surface area contributed by atoms with Crippen LogP contribution in [0.15, 0.2) is 68.7 Å². The van der Waals surface area contributed by atoms with Crippen molar-refractivity contribution in [3.05, 3.63) is 66.2 Å². The van der Waals surface area contributed by atoms with Gasteiger partial charge in [-0.3, -0.25) is 4.79 Å². The average Bonchev–Trinajstić information content (AvgIpc) is 3.44. The highest BCUT2D eigenvalue weighted by Crippen LogP contribution is 2.36. The summed E-state index contributed by atoms with van der Waals surface area (Å²) in [5.41, 5.74) is 0.794. The highest BCUT2D eigenvalue weighted by atomic mass is 32.2. The number of benzene rings is 2. The quantitative estimate of drug-likeness (QED) is 0.446. The molecule has 0 fully saturated rings. The Morgan fingerprint density at radius 3 is 2.81 bits per heavy atom. The first-order valence-electron chi connectivity index (χ1n) is 9.78. The summed E-state index contributed by atoms with van der Waals surface area (Å²) in [5, 5.41) is 12.3. The zero-order valence-corrected chi connectivity index (χ0v) is 17.4. The largest absolute Gasteiger partial charge is 0.485 e. The molecule has 0 bridgehead atoms. The standard InChI is InChI=1S/C22H19N3O5S/c1-13(18-10-14-6-2-3-7-15(14)28-18)23-20(26)12-31-22-25-24-21(30-22)19-11-27-16-8-4-5-9-17(16)29-19/h2-10,13,19H,11-12H2,1H3,(H,23,26). The molecule has 0 saturated carbocycles. The Kier molecular flexibility index (Phi) is 5.25. The summed E-state index contributed by atoms with van der Waals surface area (Å²) in [6.45, 7) is 2.15. The maximum atomic E-state index is 12.4. The van der Waals surface area contributed by atoms with Crippen LogP contribution < -0.4 is 14.8 Å². The SMILES string of the molecule is CC(NC(=O)CSc1nnc(C2COc3ccccc3O2)o1)c1cc2ccccc2o1. The van der Waals surface area contributed by atoms with Gasteiger partial charge in [0.05, 0.1) is 11.8 Å². The van der Waals surface area contributed by atoms with Gasteiger partial charge in [0.2, 0.25) is 12.0 Å². The van der Waals surface area contributed by atoms with Gasteiger partial charge in [-0.15, -0.1) is 10.2 Å². The topological polar surface area (TPSA) is 99.6 Å². The lowest BCUT2D eigenvalue weighted by atomic mass is 10.2. The third kappa shape index (κ3) is 4.22. The van der Waals surface area contributed by atoms with Gasteiger partial charge in [0.1, 0.15) is 18.0 Å². The summed E-state index contributed by atoms with van der Waals surface area (Å²) in [4.78, 5) is 12.4. The molecule has 0 spiro atoms. The predicted molar refractivity (Wildman–Crippen MR) is 113 cm³/mol. The van der Waals surface area contributed by atoms with Crippen molar-refractivity contribution >= 4 is 28.6 Å². The van der Waals surface area contributed by atoms with Crippen molar-refractivity contribution in [2.75, 3.05) is 12.4 Å². The molecule has 8 nitrogen and oxygen atoms in total. The van der Waals surface area contributed by atoms with E-state index in [2.05, 4.69) is 15.5 Å². The third-order valence-electron chi connectivity index (χ3n) is 4.78. The lowest BCUT2D eigenvalue weighted by Crippen LogP contribution is -2.27. The second-order valence-electron chi connectivity index (χ2n) is 7.03. The molecule has 1 N–H and O–H groups in total. The van der Waals surface area contributed by atoms with Crippen LogP contribution in [0.4, 0.5) is 0 Å². The molecule has 1 amide bonds. The zero-order chi connectivity index (χ0) is 21.2. The van der Waals surface area contributed by atoms with E-state index in [1.165, 1.54) is 0 Å². The Hall–Kier alpha value is -3.46. The van der Waals surface area contributed by atoms with Gasteiger partial charge in [-0.2, -0.15) is 0 Å². The van der Waals surface area contributed by atoms with Gasteiger partial charge >= 0.3 is 0 Å². The molecule has 158 valence electrons. The Morgan fingerprint density at radius 2 is 1.94 bits per heavy atom. The van der Waals surface area contributed by atoms with Crippen LogP contribution in [-0.4, -0.2) is 28.5 Å². The number of nitrogens with one attached hydrogen (secondary N) is 1. The van der Waals surface area contributed by atoms with Crippen molar-refractivity contribution in [1.82, 2.24) is 15.5 Å². The molecule has 1 aliphatic heterocycles.